The summed E-state index contributed by atoms with van der Waals surface area (Å²) in [5.41, 5.74) is 0. The first-order chi connectivity index (χ1) is 3.46. The molecule has 0 fully saturated rings. The van der Waals surface area contributed by atoms with Gasteiger partial charge in [-0.25, -0.2) is 0 Å². The topological polar surface area (TPSA) is 0 Å². The van der Waals surface area contributed by atoms with Crippen LogP contribution in [0, 0.1) is 0 Å². The molecule has 0 rings (SSSR count). The van der Waals surface area contributed by atoms with E-state index >= 15 is 0 Å². The molecule has 0 aliphatic carbocycles. The summed E-state index contributed by atoms with van der Waals surface area (Å²) in [6.45, 7) is 3.43. The van der Waals surface area contributed by atoms with Gasteiger partial charge in [-0.2, -0.15) is 8.39 Å². The largest absolute Gasteiger partial charge is 2.00 e. The first-order valence-electron chi connectivity index (χ1n) is 1.82. The number of thiocarbonyl (C=S) groups is 2. The summed E-state index contributed by atoms with van der Waals surface area (Å²) < 4.78 is 1.17. The zero-order valence-corrected chi connectivity index (χ0v) is 10.0. The van der Waals surface area contributed by atoms with E-state index < -0.39 is 0 Å². The van der Waals surface area contributed by atoms with Crippen molar-refractivity contribution in [1.82, 2.24) is 0 Å². The molecule has 0 saturated carbocycles. The molecule has 0 amide bonds. The van der Waals surface area contributed by atoms with Crippen molar-refractivity contribution in [2.45, 2.75) is 13.8 Å². The smallest absolute Gasteiger partial charge is 0.433 e. The van der Waals surface area contributed by atoms with E-state index in [0.29, 0.717) is 8.39 Å². The summed E-state index contributed by atoms with van der Waals surface area (Å²) in [6, 6.07) is 0. The SMILES string of the molecule is CC(=S)[S-].CC(=S)[S-].[Mg+2]. The quantitative estimate of drug-likeness (QED) is 0.334. The van der Waals surface area contributed by atoms with Crippen LogP contribution in [0.2, 0.25) is 0 Å². The molecule has 0 saturated heterocycles. The monoisotopic (exact) mass is 206 g/mol. The molecule has 0 bridgehead atoms. The standard InChI is InChI=1S/2C2H4S2.Mg/c2*1-2(3)4;/h2*1H3,(H,3,4);/q;;+2/p-2. The zero-order chi connectivity index (χ0) is 7.15. The van der Waals surface area contributed by atoms with Crippen molar-refractivity contribution < 1.29 is 0 Å². The van der Waals surface area contributed by atoms with E-state index in [-0.39, 0.29) is 23.1 Å². The van der Waals surface area contributed by atoms with Crippen LogP contribution >= 0.6 is 24.4 Å². The third-order valence-electron chi connectivity index (χ3n) is 0. The summed E-state index contributed by atoms with van der Waals surface area (Å²) in [4.78, 5) is 0. The Balaban J connectivity index is -0.0000000720. The molecule has 48 valence electrons. The predicted octanol–water partition coefficient (Wildman–Crippen LogP) is 1.38. The predicted molar refractivity (Wildman–Crippen MR) is 57.0 cm³/mol. The van der Waals surface area contributed by atoms with E-state index in [1.54, 1.807) is 13.8 Å². The molecule has 0 atom stereocenters. The number of hydrogen-bond donors (Lipinski definition) is 0. The van der Waals surface area contributed by atoms with Crippen LogP contribution in [0.25, 0.3) is 0 Å². The maximum Gasteiger partial charge on any atom is 2.00 e. The number of rotatable bonds is 0. The van der Waals surface area contributed by atoms with Gasteiger partial charge < -0.3 is 49.7 Å². The molecule has 0 radical (unpaired) electrons. The van der Waals surface area contributed by atoms with Gasteiger partial charge in [-0.15, -0.1) is 0 Å². The Labute approximate surface area is 94.1 Å². The molecular weight excluding hydrogens is 201 g/mol. The second-order valence-corrected chi connectivity index (χ2v) is 3.95. The van der Waals surface area contributed by atoms with Gasteiger partial charge >= 0.3 is 23.1 Å². The maximum atomic E-state index is 4.35. The van der Waals surface area contributed by atoms with Crippen molar-refractivity contribution in [2.75, 3.05) is 0 Å². The molecule has 9 heavy (non-hydrogen) atoms. The van der Waals surface area contributed by atoms with Crippen LogP contribution in [0.5, 0.6) is 0 Å². The van der Waals surface area contributed by atoms with E-state index in [1.165, 1.54) is 0 Å². The Hall–Kier alpha value is 1.39. The molecule has 0 aromatic rings. The van der Waals surface area contributed by atoms with Crippen LogP contribution in [0.1, 0.15) is 13.8 Å². The van der Waals surface area contributed by atoms with Gasteiger partial charge in [0.25, 0.3) is 0 Å². The van der Waals surface area contributed by atoms with Crippen LogP contribution in [0.3, 0.4) is 0 Å². The van der Waals surface area contributed by atoms with Crippen LogP contribution in [-0.2, 0) is 25.3 Å². The van der Waals surface area contributed by atoms with E-state index in [9.17, 15) is 0 Å². The Bertz CT molecular complexity index is 70.6. The third kappa shape index (κ3) is 266. The fourth-order valence-electron chi connectivity index (χ4n) is 0. The second kappa shape index (κ2) is 12.1. The van der Waals surface area contributed by atoms with Crippen LogP contribution < -0.4 is 0 Å². The van der Waals surface area contributed by atoms with Crippen LogP contribution in [0.15, 0.2) is 0 Å². The molecule has 0 spiro atoms. The molecule has 5 heteroatoms. The summed E-state index contributed by atoms with van der Waals surface area (Å²) in [5, 5.41) is 0. The van der Waals surface area contributed by atoms with Crippen molar-refractivity contribution in [2.24, 2.45) is 0 Å². The van der Waals surface area contributed by atoms with Crippen molar-refractivity contribution in [3.05, 3.63) is 0 Å². The van der Waals surface area contributed by atoms with Crippen LogP contribution in [-0.4, -0.2) is 31.4 Å². The van der Waals surface area contributed by atoms with Gasteiger partial charge in [0.1, 0.15) is 0 Å². The molecule has 0 aromatic carbocycles. The first kappa shape index (κ1) is 16.8. The maximum absolute atomic E-state index is 4.35. The number of hydrogen-bond acceptors (Lipinski definition) is 4. The molecule has 0 aromatic heterocycles. The average Bonchev–Trinajstić information content (AvgIpc) is 1.25. The molecule has 0 N–H and O–H groups in total. The third-order valence-corrected chi connectivity index (χ3v) is 0. The first-order valence-corrected chi connectivity index (χ1v) is 3.45. The van der Waals surface area contributed by atoms with E-state index in [2.05, 4.69) is 49.7 Å². The van der Waals surface area contributed by atoms with Gasteiger partial charge in [-0.3, -0.25) is 0 Å². The van der Waals surface area contributed by atoms with Crippen molar-refractivity contribution >= 4 is 81.1 Å². The minimum Gasteiger partial charge on any atom is -0.433 e. The Morgan fingerprint density at radius 1 is 1.00 bits per heavy atom. The summed E-state index contributed by atoms with van der Waals surface area (Å²) in [6.07, 6.45) is 0. The minimum absolute atomic E-state index is 0. The van der Waals surface area contributed by atoms with E-state index in [4.69, 9.17) is 0 Å². The molecule has 0 unspecified atom stereocenters. The van der Waals surface area contributed by atoms with Gasteiger partial charge in [0.2, 0.25) is 0 Å². The molecule has 0 aliphatic heterocycles. The fraction of sp³-hybridized carbons (Fsp3) is 0.500. The van der Waals surface area contributed by atoms with Gasteiger partial charge in [0.05, 0.1) is 0 Å². The Kier molecular flexibility index (Phi) is 22.5. The molecular formula is C4H6MgS4. The van der Waals surface area contributed by atoms with Gasteiger partial charge in [-0.1, -0.05) is 13.8 Å². The second-order valence-electron chi connectivity index (χ2n) is 0.983. The zero-order valence-electron chi connectivity index (χ0n) is 5.34. The average molecular weight is 207 g/mol. The summed E-state index contributed by atoms with van der Waals surface area (Å²) in [5.74, 6) is 0. The molecule has 0 nitrogen and oxygen atoms in total. The molecule has 0 aliphatic rings. The Morgan fingerprint density at radius 3 is 1.00 bits per heavy atom. The van der Waals surface area contributed by atoms with Crippen molar-refractivity contribution in [3.8, 4) is 0 Å². The van der Waals surface area contributed by atoms with E-state index in [0.717, 1.165) is 0 Å². The Morgan fingerprint density at radius 2 is 1.00 bits per heavy atom. The summed E-state index contributed by atoms with van der Waals surface area (Å²) in [7, 11) is 0. The van der Waals surface area contributed by atoms with Crippen molar-refractivity contribution in [3.63, 3.8) is 0 Å². The van der Waals surface area contributed by atoms with Crippen molar-refractivity contribution in [1.29, 1.82) is 0 Å². The fourth-order valence-corrected chi connectivity index (χ4v) is 0. The van der Waals surface area contributed by atoms with Gasteiger partial charge in [0, 0.05) is 0 Å². The van der Waals surface area contributed by atoms with E-state index in [1.807, 2.05) is 0 Å². The minimum atomic E-state index is 0. The van der Waals surface area contributed by atoms with Gasteiger partial charge in [-0.05, 0) is 0 Å². The molecule has 0 heterocycles. The normalized spacial score (nSPS) is 5.56. The summed E-state index contributed by atoms with van der Waals surface area (Å²) >= 11 is 17.4. The van der Waals surface area contributed by atoms with Crippen LogP contribution in [0.4, 0.5) is 0 Å². The van der Waals surface area contributed by atoms with Gasteiger partial charge in [0.15, 0.2) is 0 Å².